The van der Waals surface area contributed by atoms with Crippen molar-refractivity contribution in [1.82, 2.24) is 5.32 Å². The van der Waals surface area contributed by atoms with Gasteiger partial charge in [0.2, 0.25) is 5.91 Å². The van der Waals surface area contributed by atoms with Gasteiger partial charge in [0, 0.05) is 18.2 Å². The van der Waals surface area contributed by atoms with E-state index in [1.807, 2.05) is 4.90 Å². The largest absolute Gasteiger partial charge is 0.316 e. The molecule has 1 fully saturated rings. The minimum absolute atomic E-state index is 0.127. The average molecular weight is 286 g/mol. The molecule has 114 valence electrons. The summed E-state index contributed by atoms with van der Waals surface area (Å²) in [6.45, 7) is 9.38. The van der Waals surface area contributed by atoms with E-state index in [4.69, 9.17) is 0 Å². The van der Waals surface area contributed by atoms with E-state index in [1.165, 1.54) is 11.1 Å². The number of anilines is 1. The molecule has 1 saturated heterocycles. The second kappa shape index (κ2) is 5.80. The van der Waals surface area contributed by atoms with E-state index in [0.29, 0.717) is 17.7 Å². The Hall–Kier alpha value is -1.35. The molecule has 0 radical (unpaired) electrons. The van der Waals surface area contributed by atoms with Gasteiger partial charge in [-0.05, 0) is 55.0 Å². The molecule has 2 aliphatic rings. The SMILES string of the molecule is CC(C)c1ccc2c(c1)CCCN2C(=O)C(C)C1CNC1. The number of aryl methyl sites for hydroxylation is 1. The first-order valence-electron chi connectivity index (χ1n) is 8.23. The van der Waals surface area contributed by atoms with Crippen molar-refractivity contribution in [2.75, 3.05) is 24.5 Å². The van der Waals surface area contributed by atoms with Gasteiger partial charge in [-0.15, -0.1) is 0 Å². The fourth-order valence-corrected chi connectivity index (χ4v) is 3.32. The maximum absolute atomic E-state index is 12.8. The second-order valence-corrected chi connectivity index (χ2v) is 6.84. The quantitative estimate of drug-likeness (QED) is 0.926. The highest BCUT2D eigenvalue weighted by Crippen LogP contribution is 2.32. The first-order chi connectivity index (χ1) is 10.1. The number of carbonyl (C=O) groups is 1. The molecule has 3 rings (SSSR count). The second-order valence-electron chi connectivity index (χ2n) is 6.84. The highest BCUT2D eigenvalue weighted by molar-refractivity contribution is 5.96. The molecule has 2 aliphatic heterocycles. The van der Waals surface area contributed by atoms with Crippen LogP contribution in [0.3, 0.4) is 0 Å². The molecule has 0 bridgehead atoms. The summed E-state index contributed by atoms with van der Waals surface area (Å²) >= 11 is 0. The summed E-state index contributed by atoms with van der Waals surface area (Å²) in [6.07, 6.45) is 2.18. The van der Waals surface area contributed by atoms with Crippen LogP contribution in [0.15, 0.2) is 18.2 Å². The molecule has 0 aromatic heterocycles. The highest BCUT2D eigenvalue weighted by Gasteiger charge is 2.33. The molecule has 3 nitrogen and oxygen atoms in total. The first kappa shape index (κ1) is 14.6. The zero-order valence-electron chi connectivity index (χ0n) is 13.4. The van der Waals surface area contributed by atoms with Crippen molar-refractivity contribution in [1.29, 1.82) is 0 Å². The van der Waals surface area contributed by atoms with Gasteiger partial charge in [0.1, 0.15) is 0 Å². The van der Waals surface area contributed by atoms with E-state index in [9.17, 15) is 4.79 Å². The van der Waals surface area contributed by atoms with E-state index >= 15 is 0 Å². The van der Waals surface area contributed by atoms with Crippen LogP contribution in [-0.2, 0) is 11.2 Å². The minimum atomic E-state index is 0.127. The van der Waals surface area contributed by atoms with Gasteiger partial charge in [0.15, 0.2) is 0 Å². The van der Waals surface area contributed by atoms with E-state index < -0.39 is 0 Å². The number of hydrogen-bond donors (Lipinski definition) is 1. The standard InChI is InChI=1S/C18H26N2O/c1-12(2)14-6-7-17-15(9-14)5-4-8-20(17)18(21)13(3)16-10-19-11-16/h6-7,9,12-13,16,19H,4-5,8,10-11H2,1-3H3. The normalized spacial score (nSPS) is 20.1. The molecule has 2 heterocycles. The van der Waals surface area contributed by atoms with Crippen LogP contribution in [0.2, 0.25) is 0 Å². The summed E-state index contributed by atoms with van der Waals surface area (Å²) in [5.74, 6) is 1.49. The molecule has 1 aromatic rings. The van der Waals surface area contributed by atoms with Gasteiger partial charge < -0.3 is 10.2 Å². The number of fused-ring (bicyclic) bond motifs is 1. The molecule has 1 unspecified atom stereocenters. The Morgan fingerprint density at radius 2 is 2.05 bits per heavy atom. The lowest BCUT2D eigenvalue weighted by Gasteiger charge is -2.37. The first-order valence-corrected chi connectivity index (χ1v) is 8.23. The third-order valence-corrected chi connectivity index (χ3v) is 5.06. The molecule has 1 amide bonds. The van der Waals surface area contributed by atoms with Crippen molar-refractivity contribution in [3.8, 4) is 0 Å². The molecule has 0 saturated carbocycles. The van der Waals surface area contributed by atoms with Crippen molar-refractivity contribution >= 4 is 11.6 Å². The number of nitrogens with zero attached hydrogens (tertiary/aromatic N) is 1. The van der Waals surface area contributed by atoms with Crippen LogP contribution in [-0.4, -0.2) is 25.5 Å². The van der Waals surface area contributed by atoms with Crippen molar-refractivity contribution in [3.05, 3.63) is 29.3 Å². The van der Waals surface area contributed by atoms with Crippen molar-refractivity contribution in [2.24, 2.45) is 11.8 Å². The number of rotatable bonds is 3. The van der Waals surface area contributed by atoms with Gasteiger partial charge in [0.25, 0.3) is 0 Å². The Kier molecular flexibility index (Phi) is 4.03. The predicted molar refractivity (Wildman–Crippen MR) is 86.7 cm³/mol. The summed E-state index contributed by atoms with van der Waals surface area (Å²) in [4.78, 5) is 14.8. The summed E-state index contributed by atoms with van der Waals surface area (Å²) in [6, 6.07) is 6.65. The molecule has 3 heteroatoms. The monoisotopic (exact) mass is 286 g/mol. The molecular weight excluding hydrogens is 260 g/mol. The number of amides is 1. The number of carbonyl (C=O) groups excluding carboxylic acids is 1. The van der Waals surface area contributed by atoms with Gasteiger partial charge in [-0.3, -0.25) is 4.79 Å². The van der Waals surface area contributed by atoms with Crippen LogP contribution in [0.4, 0.5) is 5.69 Å². The molecule has 1 aromatic carbocycles. The zero-order valence-corrected chi connectivity index (χ0v) is 13.4. The maximum atomic E-state index is 12.8. The Labute approximate surface area is 127 Å². The lowest BCUT2D eigenvalue weighted by Crippen LogP contribution is -2.51. The summed E-state index contributed by atoms with van der Waals surface area (Å²) in [5, 5.41) is 3.27. The van der Waals surface area contributed by atoms with Crippen LogP contribution < -0.4 is 10.2 Å². The lowest BCUT2D eigenvalue weighted by molar-refractivity contribution is -0.124. The molecule has 0 spiro atoms. The van der Waals surface area contributed by atoms with E-state index in [0.717, 1.165) is 38.2 Å². The van der Waals surface area contributed by atoms with Crippen LogP contribution in [0, 0.1) is 11.8 Å². The van der Waals surface area contributed by atoms with Gasteiger partial charge in [0.05, 0.1) is 0 Å². The Balaban J connectivity index is 1.84. The predicted octanol–water partition coefficient (Wildman–Crippen LogP) is 2.94. The van der Waals surface area contributed by atoms with Crippen LogP contribution in [0.25, 0.3) is 0 Å². The topological polar surface area (TPSA) is 32.3 Å². The van der Waals surface area contributed by atoms with Crippen molar-refractivity contribution in [2.45, 2.75) is 39.5 Å². The van der Waals surface area contributed by atoms with Gasteiger partial charge >= 0.3 is 0 Å². The van der Waals surface area contributed by atoms with E-state index in [-0.39, 0.29) is 5.92 Å². The number of benzene rings is 1. The summed E-state index contributed by atoms with van der Waals surface area (Å²) in [5.41, 5.74) is 3.87. The molecular formula is C18H26N2O. The van der Waals surface area contributed by atoms with Crippen molar-refractivity contribution in [3.63, 3.8) is 0 Å². The van der Waals surface area contributed by atoms with Crippen LogP contribution in [0.1, 0.15) is 44.2 Å². The third-order valence-electron chi connectivity index (χ3n) is 5.06. The Morgan fingerprint density at radius 3 is 2.67 bits per heavy atom. The van der Waals surface area contributed by atoms with Crippen LogP contribution in [0.5, 0.6) is 0 Å². The van der Waals surface area contributed by atoms with E-state index in [2.05, 4.69) is 44.3 Å². The zero-order chi connectivity index (χ0) is 15.0. The Morgan fingerprint density at radius 1 is 1.29 bits per heavy atom. The smallest absolute Gasteiger partial charge is 0.230 e. The number of hydrogen-bond acceptors (Lipinski definition) is 2. The molecule has 0 aliphatic carbocycles. The number of nitrogens with one attached hydrogen (secondary N) is 1. The lowest BCUT2D eigenvalue weighted by atomic mass is 9.87. The van der Waals surface area contributed by atoms with Crippen LogP contribution >= 0.6 is 0 Å². The molecule has 1 N–H and O–H groups in total. The fraction of sp³-hybridized carbons (Fsp3) is 0.611. The fourth-order valence-electron chi connectivity index (χ4n) is 3.32. The van der Waals surface area contributed by atoms with Gasteiger partial charge in [-0.2, -0.15) is 0 Å². The molecule has 1 atom stereocenters. The summed E-state index contributed by atoms with van der Waals surface area (Å²) < 4.78 is 0. The maximum Gasteiger partial charge on any atom is 0.230 e. The van der Waals surface area contributed by atoms with E-state index in [1.54, 1.807) is 0 Å². The molecule has 21 heavy (non-hydrogen) atoms. The minimum Gasteiger partial charge on any atom is -0.316 e. The van der Waals surface area contributed by atoms with Gasteiger partial charge in [-0.25, -0.2) is 0 Å². The summed E-state index contributed by atoms with van der Waals surface area (Å²) in [7, 11) is 0. The third kappa shape index (κ3) is 2.71. The highest BCUT2D eigenvalue weighted by atomic mass is 16.2. The average Bonchev–Trinajstić information content (AvgIpc) is 2.43. The van der Waals surface area contributed by atoms with Crippen molar-refractivity contribution < 1.29 is 4.79 Å². The van der Waals surface area contributed by atoms with Gasteiger partial charge in [-0.1, -0.05) is 32.9 Å². The Bertz CT molecular complexity index is 534.